The van der Waals surface area contributed by atoms with Gasteiger partial charge < -0.3 is 15.0 Å². The molecule has 1 aliphatic heterocycles. The van der Waals surface area contributed by atoms with E-state index in [0.29, 0.717) is 12.0 Å². The number of nitrogens with one attached hydrogen (secondary N) is 1. The molecule has 1 N–H and O–H groups in total. The Bertz CT molecular complexity index is 377. The molecule has 0 aliphatic carbocycles. The van der Waals surface area contributed by atoms with Gasteiger partial charge in [0.15, 0.2) is 0 Å². The second kappa shape index (κ2) is 6.80. The van der Waals surface area contributed by atoms with Crippen LogP contribution in [0.2, 0.25) is 0 Å². The van der Waals surface area contributed by atoms with Crippen molar-refractivity contribution in [1.29, 1.82) is 0 Å². The molecule has 19 heavy (non-hydrogen) atoms. The molecule has 2 rings (SSSR count). The lowest BCUT2D eigenvalue weighted by Crippen LogP contribution is -2.48. The van der Waals surface area contributed by atoms with Gasteiger partial charge in [0.25, 0.3) is 0 Å². The fraction of sp³-hybridized carbons (Fsp3) is 0.625. The molecule has 0 radical (unpaired) electrons. The summed E-state index contributed by atoms with van der Waals surface area (Å²) in [4.78, 5) is 2.48. The van der Waals surface area contributed by atoms with E-state index in [-0.39, 0.29) is 0 Å². The molecule has 0 amide bonds. The molecule has 1 aromatic rings. The fourth-order valence-corrected chi connectivity index (χ4v) is 2.87. The Kier molecular flexibility index (Phi) is 5.08. The first-order chi connectivity index (χ1) is 9.24. The van der Waals surface area contributed by atoms with Crippen LogP contribution in [-0.4, -0.2) is 32.3 Å². The molecular weight excluding hydrogens is 236 g/mol. The summed E-state index contributed by atoms with van der Waals surface area (Å²) in [5, 5.41) is 3.59. The Hall–Kier alpha value is -1.22. The van der Waals surface area contributed by atoms with Crippen LogP contribution in [-0.2, 0) is 0 Å². The third-order valence-corrected chi connectivity index (χ3v) is 3.88. The van der Waals surface area contributed by atoms with Crippen molar-refractivity contribution in [2.45, 2.75) is 33.2 Å². The minimum atomic E-state index is 0.670. The molecule has 1 saturated heterocycles. The van der Waals surface area contributed by atoms with Crippen LogP contribution in [0.25, 0.3) is 0 Å². The van der Waals surface area contributed by atoms with Crippen molar-refractivity contribution in [2.24, 2.45) is 5.92 Å². The maximum absolute atomic E-state index is 5.49. The van der Waals surface area contributed by atoms with E-state index < -0.39 is 0 Å². The highest BCUT2D eigenvalue weighted by molar-refractivity contribution is 5.49. The topological polar surface area (TPSA) is 24.5 Å². The van der Waals surface area contributed by atoms with Crippen molar-refractivity contribution in [3.05, 3.63) is 24.3 Å². The molecular formula is C16H26N2O. The van der Waals surface area contributed by atoms with Gasteiger partial charge in [-0.1, -0.05) is 13.8 Å². The lowest BCUT2D eigenvalue weighted by atomic mass is 9.93. The zero-order valence-corrected chi connectivity index (χ0v) is 12.4. The summed E-state index contributed by atoms with van der Waals surface area (Å²) in [6.45, 7) is 10.6. The lowest BCUT2D eigenvalue weighted by Gasteiger charge is -2.38. The van der Waals surface area contributed by atoms with Crippen LogP contribution in [0.4, 0.5) is 5.69 Å². The Morgan fingerprint density at radius 3 is 2.58 bits per heavy atom. The van der Waals surface area contributed by atoms with E-state index in [9.17, 15) is 0 Å². The molecule has 0 saturated carbocycles. The molecule has 0 aromatic heterocycles. The highest BCUT2D eigenvalue weighted by Gasteiger charge is 2.25. The van der Waals surface area contributed by atoms with Gasteiger partial charge in [-0.05, 0) is 50.1 Å². The maximum Gasteiger partial charge on any atom is 0.119 e. The Morgan fingerprint density at radius 2 is 2.00 bits per heavy atom. The standard InChI is InChI=1S/C16H26N2O/c1-4-17-16-10-11-18(12-13(16)3)14-6-8-15(9-7-14)19-5-2/h6-9,13,16-17H,4-5,10-12H2,1-3H3. The van der Waals surface area contributed by atoms with E-state index in [4.69, 9.17) is 4.74 Å². The molecule has 1 heterocycles. The van der Waals surface area contributed by atoms with Crippen molar-refractivity contribution < 1.29 is 4.74 Å². The number of ether oxygens (including phenoxy) is 1. The fourth-order valence-electron chi connectivity index (χ4n) is 2.87. The van der Waals surface area contributed by atoms with Crippen LogP contribution in [0, 0.1) is 5.92 Å². The maximum atomic E-state index is 5.49. The van der Waals surface area contributed by atoms with Crippen molar-refractivity contribution in [3.63, 3.8) is 0 Å². The van der Waals surface area contributed by atoms with Crippen LogP contribution in [0.15, 0.2) is 24.3 Å². The summed E-state index contributed by atoms with van der Waals surface area (Å²) >= 11 is 0. The van der Waals surface area contributed by atoms with Crippen molar-refractivity contribution >= 4 is 5.69 Å². The predicted octanol–water partition coefficient (Wildman–Crippen LogP) is 2.91. The van der Waals surface area contributed by atoms with Gasteiger partial charge >= 0.3 is 0 Å². The van der Waals surface area contributed by atoms with E-state index in [2.05, 4.69) is 48.3 Å². The number of anilines is 1. The van der Waals surface area contributed by atoms with Gasteiger partial charge in [-0.2, -0.15) is 0 Å². The highest BCUT2D eigenvalue weighted by atomic mass is 16.5. The molecule has 2 unspecified atom stereocenters. The van der Waals surface area contributed by atoms with Crippen molar-refractivity contribution in [2.75, 3.05) is 31.1 Å². The van der Waals surface area contributed by atoms with Crippen LogP contribution in [0.1, 0.15) is 27.2 Å². The first kappa shape index (κ1) is 14.2. The zero-order chi connectivity index (χ0) is 13.7. The monoisotopic (exact) mass is 262 g/mol. The third-order valence-electron chi connectivity index (χ3n) is 3.88. The number of nitrogens with zero attached hydrogens (tertiary/aromatic N) is 1. The Morgan fingerprint density at radius 1 is 1.26 bits per heavy atom. The highest BCUT2D eigenvalue weighted by Crippen LogP contribution is 2.25. The van der Waals surface area contributed by atoms with Gasteiger partial charge in [-0.25, -0.2) is 0 Å². The number of benzene rings is 1. The average Bonchev–Trinajstić information content (AvgIpc) is 2.43. The van der Waals surface area contributed by atoms with Crippen molar-refractivity contribution in [1.82, 2.24) is 5.32 Å². The number of rotatable bonds is 5. The summed E-state index contributed by atoms with van der Waals surface area (Å²) in [5.74, 6) is 1.65. The second-order valence-corrected chi connectivity index (χ2v) is 5.30. The summed E-state index contributed by atoms with van der Waals surface area (Å²) in [6.07, 6.45) is 1.22. The largest absolute Gasteiger partial charge is 0.494 e. The minimum Gasteiger partial charge on any atom is -0.494 e. The summed E-state index contributed by atoms with van der Waals surface area (Å²) in [7, 11) is 0. The first-order valence-electron chi connectivity index (χ1n) is 7.45. The minimum absolute atomic E-state index is 0.670. The third kappa shape index (κ3) is 3.63. The summed E-state index contributed by atoms with van der Waals surface area (Å²) < 4.78 is 5.49. The molecule has 3 heteroatoms. The smallest absolute Gasteiger partial charge is 0.119 e. The summed E-state index contributed by atoms with van der Waals surface area (Å²) in [5.41, 5.74) is 1.31. The molecule has 2 atom stereocenters. The quantitative estimate of drug-likeness (QED) is 0.883. The average molecular weight is 262 g/mol. The van der Waals surface area contributed by atoms with Gasteiger partial charge in [0.2, 0.25) is 0 Å². The summed E-state index contributed by atoms with van der Waals surface area (Å²) in [6, 6.07) is 9.15. The van der Waals surface area contributed by atoms with E-state index >= 15 is 0 Å². The van der Waals surface area contributed by atoms with Crippen LogP contribution >= 0.6 is 0 Å². The Labute approximate surface area is 116 Å². The number of piperidine rings is 1. The SMILES string of the molecule is CCNC1CCN(c2ccc(OCC)cc2)CC1C. The first-order valence-corrected chi connectivity index (χ1v) is 7.45. The van der Waals surface area contributed by atoms with Crippen LogP contribution < -0.4 is 15.0 Å². The van der Waals surface area contributed by atoms with Crippen molar-refractivity contribution in [3.8, 4) is 5.75 Å². The second-order valence-electron chi connectivity index (χ2n) is 5.30. The molecule has 1 aliphatic rings. The van der Waals surface area contributed by atoms with Gasteiger partial charge in [0.05, 0.1) is 6.61 Å². The van der Waals surface area contributed by atoms with Gasteiger partial charge in [-0.3, -0.25) is 0 Å². The van der Waals surface area contributed by atoms with Crippen LogP contribution in [0.3, 0.4) is 0 Å². The molecule has 0 spiro atoms. The van der Waals surface area contributed by atoms with Gasteiger partial charge in [-0.15, -0.1) is 0 Å². The predicted molar refractivity (Wildman–Crippen MR) is 81.1 cm³/mol. The molecule has 3 nitrogen and oxygen atoms in total. The normalized spacial score (nSPS) is 23.4. The Balaban J connectivity index is 1.96. The van der Waals surface area contributed by atoms with E-state index in [1.165, 1.54) is 12.1 Å². The number of hydrogen-bond donors (Lipinski definition) is 1. The van der Waals surface area contributed by atoms with E-state index in [0.717, 1.165) is 32.0 Å². The van der Waals surface area contributed by atoms with Gasteiger partial charge in [0, 0.05) is 24.8 Å². The van der Waals surface area contributed by atoms with E-state index in [1.807, 2.05) is 6.92 Å². The van der Waals surface area contributed by atoms with Gasteiger partial charge in [0.1, 0.15) is 5.75 Å². The molecule has 1 aromatic carbocycles. The molecule has 106 valence electrons. The molecule has 1 fully saturated rings. The van der Waals surface area contributed by atoms with E-state index in [1.54, 1.807) is 0 Å². The molecule has 0 bridgehead atoms. The number of hydrogen-bond acceptors (Lipinski definition) is 3. The zero-order valence-electron chi connectivity index (χ0n) is 12.4. The lowest BCUT2D eigenvalue weighted by molar-refractivity contribution is 0.326. The van der Waals surface area contributed by atoms with Crippen LogP contribution in [0.5, 0.6) is 5.75 Å².